The van der Waals surface area contributed by atoms with E-state index < -0.39 is 79.9 Å². The summed E-state index contributed by atoms with van der Waals surface area (Å²) in [6.07, 6.45) is -5.90. The molecule has 6 N–H and O–H groups in total. The summed E-state index contributed by atoms with van der Waals surface area (Å²) >= 11 is 9.51. The number of nitrogens with two attached hydrogens (primary N) is 2. The number of nitrogens with one attached hydrogen (secondary N) is 1. The molecule has 9 rings (SSSR count). The van der Waals surface area contributed by atoms with Gasteiger partial charge in [-0.1, -0.05) is 12.2 Å². The van der Waals surface area contributed by atoms with Crippen molar-refractivity contribution in [2.24, 2.45) is 0 Å². The van der Waals surface area contributed by atoms with E-state index in [9.17, 15) is 14.3 Å². The Morgan fingerprint density at radius 1 is 1.13 bits per heavy atom. The molecule has 244 valence electrons. The molecule has 1 spiro atoms. The SMILES string of the molecule is Nc1nc2c(ncn2[C@@H]2O[C@@H]3COP(O)(=S)O[C@]45[C@@H](OP(=O)(S)O[C@@H]2[C@@H]3F)[C@]42CO[C@H]5[C@H](n3cnc4c(N)ncnc43)O2)c(=O)[nH]1. The minimum absolute atomic E-state index is 0.0639. The predicted molar refractivity (Wildman–Crippen MR) is 156 cm³/mol. The number of ether oxygens (including phenoxy) is 3. The molecule has 4 aliphatic heterocycles. The Bertz CT molecular complexity index is 2120. The van der Waals surface area contributed by atoms with Crippen LogP contribution in [0.5, 0.6) is 0 Å². The number of imidazole rings is 2. The summed E-state index contributed by atoms with van der Waals surface area (Å²) in [5, 5.41) is 0. The highest BCUT2D eigenvalue weighted by Gasteiger charge is 2.95. The van der Waals surface area contributed by atoms with Crippen LogP contribution in [0.1, 0.15) is 12.5 Å². The van der Waals surface area contributed by atoms with Gasteiger partial charge in [0, 0.05) is 0 Å². The molecule has 46 heavy (non-hydrogen) atoms. The molecule has 0 aromatic carbocycles. The van der Waals surface area contributed by atoms with Crippen LogP contribution in [-0.4, -0.2) is 98.9 Å². The van der Waals surface area contributed by atoms with E-state index in [0.29, 0.717) is 11.2 Å². The lowest BCUT2D eigenvalue weighted by atomic mass is 10.1. The zero-order valence-corrected chi connectivity index (χ0v) is 26.2. The number of alkyl halides is 1. The van der Waals surface area contributed by atoms with Crippen LogP contribution < -0.4 is 17.0 Å². The van der Waals surface area contributed by atoms with Gasteiger partial charge < -0.3 is 35.1 Å². The van der Waals surface area contributed by atoms with E-state index in [1.807, 2.05) is 0 Å². The molecule has 20 nitrogen and oxygen atoms in total. The number of aromatic amines is 1. The number of H-pyrrole nitrogens is 1. The lowest BCUT2D eigenvalue weighted by Crippen LogP contribution is -2.42. The Balaban J connectivity index is 1.08. The molecule has 1 aliphatic carbocycles. The largest absolute Gasteiger partial charge is 0.387 e. The molecule has 4 bridgehead atoms. The van der Waals surface area contributed by atoms with Crippen molar-refractivity contribution >= 4 is 71.7 Å². The number of thiol groups is 1. The number of nitrogens with zero attached hydrogens (tertiary/aromatic N) is 7. The van der Waals surface area contributed by atoms with Crippen molar-refractivity contribution < 1.29 is 46.2 Å². The summed E-state index contributed by atoms with van der Waals surface area (Å²) in [5.74, 6) is -0.0973. The zero-order chi connectivity index (χ0) is 32.0. The van der Waals surface area contributed by atoms with Crippen molar-refractivity contribution in [2.75, 3.05) is 24.7 Å². The van der Waals surface area contributed by atoms with Crippen LogP contribution in [0.3, 0.4) is 0 Å². The van der Waals surface area contributed by atoms with Crippen molar-refractivity contribution in [3.63, 3.8) is 0 Å². The molecule has 2 unspecified atom stereocenters. The predicted octanol–water partition coefficient (Wildman–Crippen LogP) is -0.150. The maximum Gasteiger partial charge on any atom is 0.387 e. The Morgan fingerprint density at radius 3 is 2.70 bits per heavy atom. The first-order valence-corrected chi connectivity index (χ1v) is 18.7. The molecule has 1 saturated carbocycles. The molecule has 25 heteroatoms. The molecule has 0 amide bonds. The zero-order valence-electron chi connectivity index (χ0n) is 22.7. The van der Waals surface area contributed by atoms with E-state index in [1.54, 1.807) is 4.57 Å². The number of nitrogen functional groups attached to an aromatic ring is 2. The Kier molecular flexibility index (Phi) is 6.08. The second kappa shape index (κ2) is 9.49. The number of hydrogen-bond acceptors (Lipinski definition) is 17. The Hall–Kier alpha value is -2.66. The summed E-state index contributed by atoms with van der Waals surface area (Å²) in [4.78, 5) is 46.5. The van der Waals surface area contributed by atoms with E-state index in [-0.39, 0.29) is 29.5 Å². The number of halogens is 1. The third kappa shape index (κ3) is 3.90. The maximum absolute atomic E-state index is 16.0. The monoisotopic (exact) mass is 718 g/mol. The standard InChI is InChI=1S/C21H21FN10O10P2S2/c22-7-6-1-37-43(34,45)42-21-11-17(31-4-27-8-12(23)25-3-26-13(8)31)39-20(21,2-36-11)18(21)41-44(35,46)40-10(7)16(38-6)32-5-28-9-14(32)29-19(24)30-15(9)33/h3-7,10-11,16-18H,1-2H2,(H,34,45)(H,35,46)(H2,23,25,26)(H3,24,29,30,33)/t6-,7-,10-,11+,16-,17-,18+,20-,21-,43?,44?/m1/s1. The highest BCUT2D eigenvalue weighted by Crippen LogP contribution is 2.78. The minimum Gasteiger partial charge on any atom is -0.382 e. The normalized spacial score (nSPS) is 43.3. The summed E-state index contributed by atoms with van der Waals surface area (Å²) < 4.78 is 74.2. The van der Waals surface area contributed by atoms with Gasteiger partial charge in [-0.05, 0) is 11.8 Å². The average Bonchev–Trinajstić information content (AvgIpc) is 3.64. The lowest BCUT2D eigenvalue weighted by molar-refractivity contribution is -0.190. The van der Waals surface area contributed by atoms with E-state index >= 15 is 4.39 Å². The van der Waals surface area contributed by atoms with Crippen molar-refractivity contribution in [3.8, 4) is 0 Å². The Morgan fingerprint density at radius 2 is 1.89 bits per heavy atom. The van der Waals surface area contributed by atoms with Gasteiger partial charge >= 0.3 is 13.5 Å². The van der Waals surface area contributed by atoms with Crippen molar-refractivity contribution in [3.05, 3.63) is 29.3 Å². The number of rotatable bonds is 2. The van der Waals surface area contributed by atoms with Crippen molar-refractivity contribution in [1.29, 1.82) is 0 Å². The second-order valence-electron chi connectivity index (χ2n) is 11.2. The fourth-order valence-corrected chi connectivity index (χ4v) is 10.2. The van der Waals surface area contributed by atoms with Crippen molar-refractivity contribution in [2.45, 2.75) is 54.2 Å². The molecule has 5 fully saturated rings. The van der Waals surface area contributed by atoms with Crippen molar-refractivity contribution in [1.82, 2.24) is 39.0 Å². The molecule has 5 aliphatic rings. The van der Waals surface area contributed by atoms with Crippen LogP contribution in [0.2, 0.25) is 0 Å². The van der Waals surface area contributed by atoms with Gasteiger partial charge in [-0.25, -0.2) is 28.9 Å². The van der Waals surface area contributed by atoms with Gasteiger partial charge in [-0.2, -0.15) is 4.98 Å². The van der Waals surface area contributed by atoms with Crippen LogP contribution in [0.4, 0.5) is 16.2 Å². The Labute approximate surface area is 264 Å². The molecule has 4 aromatic rings. The van der Waals surface area contributed by atoms with Crippen LogP contribution in [0.25, 0.3) is 22.3 Å². The van der Waals surface area contributed by atoms with Gasteiger partial charge in [0.2, 0.25) is 5.95 Å². The number of hydrogen-bond donors (Lipinski definition) is 5. The summed E-state index contributed by atoms with van der Waals surface area (Å²) in [6.45, 7) is -9.48. The summed E-state index contributed by atoms with van der Waals surface area (Å²) in [7, 11) is 0. The molecular formula is C21H21FN10O10P2S2. The topological polar surface area (TPSA) is 261 Å². The van der Waals surface area contributed by atoms with Gasteiger partial charge in [0.05, 0.1) is 25.9 Å². The minimum atomic E-state index is -4.50. The molecule has 8 heterocycles. The molecular weight excluding hydrogens is 697 g/mol. The van der Waals surface area contributed by atoms with Crippen LogP contribution in [0.15, 0.2) is 23.8 Å². The van der Waals surface area contributed by atoms with Gasteiger partial charge in [0.1, 0.15) is 36.3 Å². The molecule has 11 atom stereocenters. The van der Waals surface area contributed by atoms with Gasteiger partial charge in [-0.3, -0.25) is 32.5 Å². The highest BCUT2D eigenvalue weighted by atomic mass is 32.7. The summed E-state index contributed by atoms with van der Waals surface area (Å²) in [6, 6.07) is 0. The lowest BCUT2D eigenvalue weighted by Gasteiger charge is -2.34. The van der Waals surface area contributed by atoms with Gasteiger partial charge in [-0.15, -0.1) is 0 Å². The van der Waals surface area contributed by atoms with E-state index in [4.69, 9.17) is 55.6 Å². The maximum atomic E-state index is 16.0. The first-order valence-electron chi connectivity index (χ1n) is 13.5. The second-order valence-corrected chi connectivity index (χ2v) is 16.8. The fourth-order valence-electron chi connectivity index (χ4n) is 6.73. The molecule has 4 saturated heterocycles. The van der Waals surface area contributed by atoms with Gasteiger partial charge in [0.25, 0.3) is 5.56 Å². The average molecular weight is 719 g/mol. The summed E-state index contributed by atoms with van der Waals surface area (Å²) in [5.41, 5.74) is 8.33. The number of anilines is 2. The third-order valence-electron chi connectivity index (χ3n) is 8.69. The van der Waals surface area contributed by atoms with E-state index in [2.05, 4.69) is 42.2 Å². The molecule has 0 radical (unpaired) electrons. The third-order valence-corrected chi connectivity index (χ3v) is 11.8. The smallest absolute Gasteiger partial charge is 0.382 e. The van der Waals surface area contributed by atoms with E-state index in [0.717, 1.165) is 6.33 Å². The number of aromatic nitrogens is 8. The van der Waals surface area contributed by atoms with Gasteiger partial charge in [0.15, 0.2) is 52.5 Å². The highest BCUT2D eigenvalue weighted by molar-refractivity contribution is 8.44. The molecule has 4 aromatic heterocycles. The van der Waals surface area contributed by atoms with E-state index in [1.165, 1.54) is 17.2 Å². The quantitative estimate of drug-likeness (QED) is 0.133. The number of fused-ring (bicyclic) bond motifs is 4. The van der Waals surface area contributed by atoms with Crippen LogP contribution in [-0.2, 0) is 48.7 Å². The van der Waals surface area contributed by atoms with Crippen LogP contribution in [0, 0.1) is 0 Å². The fraction of sp³-hybridized carbons (Fsp3) is 0.524. The first kappa shape index (κ1) is 29.5. The van der Waals surface area contributed by atoms with Crippen LogP contribution >= 0.6 is 25.8 Å². The first-order chi connectivity index (χ1) is 21.8.